The number of aliphatic hydroxyl groups excluding tert-OH is 1. The van der Waals surface area contributed by atoms with E-state index in [-0.39, 0.29) is 23.6 Å². The Labute approximate surface area is 79.6 Å². The van der Waals surface area contributed by atoms with E-state index in [1.54, 1.807) is 0 Å². The molecule has 0 aromatic rings. The summed E-state index contributed by atoms with van der Waals surface area (Å²) >= 11 is 0. The summed E-state index contributed by atoms with van der Waals surface area (Å²) in [6.07, 6.45) is 0. The second-order valence-electron chi connectivity index (χ2n) is 1.85. The van der Waals surface area contributed by atoms with Crippen LogP contribution in [0.25, 0.3) is 0 Å². The SMILES string of the molecule is NCC(=O)NC(CO)C(=O)O.[Cu+2]. The maximum atomic E-state index is 10.5. The van der Waals surface area contributed by atoms with Gasteiger partial charge in [0, 0.05) is 0 Å². The fourth-order valence-electron chi connectivity index (χ4n) is 0.439. The van der Waals surface area contributed by atoms with E-state index in [4.69, 9.17) is 15.9 Å². The van der Waals surface area contributed by atoms with Crippen molar-refractivity contribution in [2.75, 3.05) is 13.2 Å². The third-order valence-corrected chi connectivity index (χ3v) is 1.00. The van der Waals surface area contributed by atoms with Crippen LogP contribution in [-0.4, -0.2) is 41.3 Å². The molecule has 0 rings (SSSR count). The van der Waals surface area contributed by atoms with Crippen LogP contribution in [0.2, 0.25) is 0 Å². The first-order valence-corrected chi connectivity index (χ1v) is 2.95. The van der Waals surface area contributed by atoms with Crippen molar-refractivity contribution in [2.24, 2.45) is 5.73 Å². The molecule has 1 radical (unpaired) electrons. The van der Waals surface area contributed by atoms with E-state index < -0.39 is 24.5 Å². The fraction of sp³-hybridized carbons (Fsp3) is 0.600. The molecule has 1 amide bonds. The number of carbonyl (C=O) groups excluding carboxylic acids is 1. The van der Waals surface area contributed by atoms with Crippen molar-refractivity contribution in [3.05, 3.63) is 0 Å². The molecular weight excluding hydrogens is 216 g/mol. The molecule has 0 fully saturated rings. The molecule has 73 valence electrons. The molecule has 0 heterocycles. The van der Waals surface area contributed by atoms with Gasteiger partial charge in [-0.1, -0.05) is 0 Å². The molecule has 0 saturated carbocycles. The quantitative estimate of drug-likeness (QED) is 0.395. The van der Waals surface area contributed by atoms with Crippen molar-refractivity contribution in [2.45, 2.75) is 6.04 Å². The Kier molecular flexibility index (Phi) is 8.19. The van der Waals surface area contributed by atoms with Crippen LogP contribution in [-0.2, 0) is 26.7 Å². The number of carboxylic acids is 1. The molecule has 0 aliphatic rings. The number of hydrogen-bond donors (Lipinski definition) is 4. The number of rotatable bonds is 4. The van der Waals surface area contributed by atoms with Crippen molar-refractivity contribution in [3.63, 3.8) is 0 Å². The summed E-state index contributed by atoms with van der Waals surface area (Å²) in [5.41, 5.74) is 4.89. The summed E-state index contributed by atoms with van der Waals surface area (Å²) < 4.78 is 0. The van der Waals surface area contributed by atoms with E-state index in [0.29, 0.717) is 0 Å². The Hall–Kier alpha value is -0.621. The van der Waals surface area contributed by atoms with Crippen LogP contribution in [0.15, 0.2) is 0 Å². The van der Waals surface area contributed by atoms with Crippen molar-refractivity contribution < 1.29 is 36.9 Å². The van der Waals surface area contributed by atoms with Gasteiger partial charge in [0.1, 0.15) is 6.04 Å². The van der Waals surface area contributed by atoms with Crippen LogP contribution in [0.5, 0.6) is 0 Å². The van der Waals surface area contributed by atoms with Gasteiger partial charge in [-0.2, -0.15) is 0 Å². The van der Waals surface area contributed by atoms with Gasteiger partial charge < -0.3 is 21.3 Å². The van der Waals surface area contributed by atoms with Crippen molar-refractivity contribution in [1.29, 1.82) is 0 Å². The Morgan fingerprint density at radius 2 is 2.00 bits per heavy atom. The van der Waals surface area contributed by atoms with Gasteiger partial charge in [-0.05, 0) is 0 Å². The molecule has 0 aromatic carbocycles. The van der Waals surface area contributed by atoms with E-state index in [1.807, 2.05) is 5.32 Å². The second-order valence-corrected chi connectivity index (χ2v) is 1.85. The minimum absolute atomic E-state index is 0. The van der Waals surface area contributed by atoms with E-state index in [2.05, 4.69) is 0 Å². The van der Waals surface area contributed by atoms with Gasteiger partial charge in [0.2, 0.25) is 5.91 Å². The number of aliphatic hydroxyl groups is 1. The maximum absolute atomic E-state index is 10.5. The average Bonchev–Trinajstić information content (AvgIpc) is 1.99. The molecule has 0 aromatic heterocycles. The Morgan fingerprint density at radius 1 is 1.50 bits per heavy atom. The zero-order valence-electron chi connectivity index (χ0n) is 6.08. The summed E-state index contributed by atoms with van der Waals surface area (Å²) in [5.74, 6) is -1.89. The van der Waals surface area contributed by atoms with E-state index in [1.165, 1.54) is 0 Å². The predicted molar refractivity (Wildman–Crippen MR) is 35.7 cm³/mol. The average molecular weight is 226 g/mol. The van der Waals surface area contributed by atoms with Crippen molar-refractivity contribution >= 4 is 11.9 Å². The molecule has 1 atom stereocenters. The number of nitrogens with one attached hydrogen (secondary N) is 1. The number of carbonyl (C=O) groups is 2. The van der Waals surface area contributed by atoms with Crippen LogP contribution in [0.1, 0.15) is 0 Å². The Balaban J connectivity index is 0. The zero-order chi connectivity index (χ0) is 8.85. The number of carboxylic acid groups (broad SMARTS) is 1. The molecule has 1 unspecified atom stereocenters. The van der Waals surface area contributed by atoms with E-state index >= 15 is 0 Å². The summed E-state index contributed by atoms with van der Waals surface area (Å²) in [6.45, 7) is -0.926. The standard InChI is InChI=1S/C5H10N2O4.Cu/c6-1-4(9)7-3(2-8)5(10)11;/h3,8H,1-2,6H2,(H,7,9)(H,10,11);/q;+2. The number of amides is 1. The molecule has 0 spiro atoms. The van der Waals surface area contributed by atoms with Gasteiger partial charge in [0.25, 0.3) is 0 Å². The van der Waals surface area contributed by atoms with Crippen LogP contribution in [0.4, 0.5) is 0 Å². The van der Waals surface area contributed by atoms with Crippen molar-refractivity contribution in [1.82, 2.24) is 5.32 Å². The summed E-state index contributed by atoms with van der Waals surface area (Å²) in [4.78, 5) is 20.6. The van der Waals surface area contributed by atoms with Gasteiger partial charge in [-0.15, -0.1) is 0 Å². The van der Waals surface area contributed by atoms with E-state index in [0.717, 1.165) is 0 Å². The van der Waals surface area contributed by atoms with Gasteiger partial charge in [-0.3, -0.25) is 4.79 Å². The van der Waals surface area contributed by atoms with Gasteiger partial charge in [-0.25, -0.2) is 4.79 Å². The number of hydrogen-bond acceptors (Lipinski definition) is 4. The normalized spacial score (nSPS) is 11.2. The number of aliphatic carboxylic acids is 1. The molecular formula is C5H10CuN2O4+2. The topological polar surface area (TPSA) is 113 Å². The van der Waals surface area contributed by atoms with Crippen LogP contribution >= 0.6 is 0 Å². The van der Waals surface area contributed by atoms with Gasteiger partial charge in [0.05, 0.1) is 13.2 Å². The smallest absolute Gasteiger partial charge is 0.480 e. The first kappa shape index (κ1) is 13.9. The van der Waals surface area contributed by atoms with Crippen LogP contribution in [0, 0.1) is 0 Å². The monoisotopic (exact) mass is 225 g/mol. The molecule has 0 aliphatic heterocycles. The minimum Gasteiger partial charge on any atom is -0.480 e. The number of nitrogens with two attached hydrogens (primary N) is 1. The maximum Gasteiger partial charge on any atom is 2.00 e. The third-order valence-electron chi connectivity index (χ3n) is 1.00. The first-order chi connectivity index (χ1) is 5.11. The van der Waals surface area contributed by atoms with Crippen LogP contribution < -0.4 is 11.1 Å². The zero-order valence-corrected chi connectivity index (χ0v) is 7.02. The third kappa shape index (κ3) is 5.09. The Morgan fingerprint density at radius 3 is 2.25 bits per heavy atom. The molecule has 0 bridgehead atoms. The summed E-state index contributed by atoms with van der Waals surface area (Å²) in [5, 5.41) is 18.7. The first-order valence-electron chi connectivity index (χ1n) is 2.95. The molecule has 0 saturated heterocycles. The molecule has 12 heavy (non-hydrogen) atoms. The van der Waals surface area contributed by atoms with E-state index in [9.17, 15) is 9.59 Å². The van der Waals surface area contributed by atoms with Crippen LogP contribution in [0.3, 0.4) is 0 Å². The summed E-state index contributed by atoms with van der Waals surface area (Å²) in [6, 6.07) is -1.26. The largest absolute Gasteiger partial charge is 2.00 e. The second kappa shape index (κ2) is 7.05. The fourth-order valence-corrected chi connectivity index (χ4v) is 0.439. The molecule has 6 nitrogen and oxygen atoms in total. The van der Waals surface area contributed by atoms with Crippen molar-refractivity contribution in [3.8, 4) is 0 Å². The molecule has 0 aliphatic carbocycles. The molecule has 5 N–H and O–H groups in total. The van der Waals surface area contributed by atoms with Gasteiger partial charge in [0.15, 0.2) is 0 Å². The predicted octanol–water partition coefficient (Wildman–Crippen LogP) is -2.50. The summed E-state index contributed by atoms with van der Waals surface area (Å²) in [7, 11) is 0. The Bertz CT molecular complexity index is 164. The molecule has 7 heteroatoms. The van der Waals surface area contributed by atoms with Gasteiger partial charge >= 0.3 is 23.0 Å². The minimum atomic E-state index is -1.28.